The number of anilines is 2. The zero-order valence-corrected chi connectivity index (χ0v) is 25.5. The number of nitrogens with zero attached hydrogens (tertiary/aromatic N) is 3. The molecule has 45 heavy (non-hydrogen) atoms. The van der Waals surface area contributed by atoms with Crippen molar-refractivity contribution in [2.45, 2.75) is 63.1 Å². The van der Waals surface area contributed by atoms with Gasteiger partial charge in [0.25, 0.3) is 0 Å². The molecular formula is C31H36F3N5O5S. The molecule has 0 bridgehead atoms. The Morgan fingerprint density at radius 3 is 2.58 bits per heavy atom. The van der Waals surface area contributed by atoms with Crippen LogP contribution in [0.25, 0.3) is 11.1 Å². The lowest BCUT2D eigenvalue weighted by Gasteiger charge is -2.39. The summed E-state index contributed by atoms with van der Waals surface area (Å²) in [5.74, 6) is -1.27. The number of benzene rings is 2. The monoisotopic (exact) mass is 647 g/mol. The number of nitrogens with one attached hydrogen (secondary N) is 1. The van der Waals surface area contributed by atoms with Crippen LogP contribution >= 0.6 is 0 Å². The summed E-state index contributed by atoms with van der Waals surface area (Å²) in [5.41, 5.74) is 7.76. The van der Waals surface area contributed by atoms with Crippen LogP contribution in [0, 0.1) is 5.41 Å². The highest BCUT2D eigenvalue weighted by molar-refractivity contribution is 7.78. The third-order valence-electron chi connectivity index (χ3n) is 8.52. The van der Waals surface area contributed by atoms with Gasteiger partial charge in [0.1, 0.15) is 11.9 Å². The van der Waals surface area contributed by atoms with Gasteiger partial charge in [0.05, 0.1) is 5.75 Å². The average molecular weight is 648 g/mol. The number of halogens is 3. The quantitative estimate of drug-likeness (QED) is 0.219. The largest absolute Gasteiger partial charge is 0.480 e. The first-order chi connectivity index (χ1) is 21.4. The standard InChI is InChI=1S/C31H36F3N5O5S/c1-2-4-19-7-8-22(23(14-19)21-6-3-5-20(13-21)17-45(42)43)27(31(32,33)34)44-26-15-25(37-29(35)38-26)39-11-9-30(10-12-39)16-24(28(40)41)36-18-30/h3,5-8,13-15,24,27,36H,2,4,9-12,16-18H2,1H3,(H,40,41)(H,42,43)(H2,35,37,38)/t24?,27-/m1/s1. The summed E-state index contributed by atoms with van der Waals surface area (Å²) in [4.78, 5) is 21.6. The Bertz CT molecular complexity index is 1560. The van der Waals surface area contributed by atoms with Crippen LogP contribution in [0.2, 0.25) is 0 Å². The molecule has 3 heterocycles. The molecular weight excluding hydrogens is 611 g/mol. The summed E-state index contributed by atoms with van der Waals surface area (Å²) in [6, 6.07) is 12.1. The fraction of sp³-hybridized carbons (Fsp3) is 0.452. The maximum absolute atomic E-state index is 14.8. The van der Waals surface area contributed by atoms with E-state index in [1.165, 1.54) is 12.1 Å². The summed E-state index contributed by atoms with van der Waals surface area (Å²) in [6.45, 7) is 3.60. The number of carbonyl (C=O) groups is 1. The molecule has 242 valence electrons. The minimum atomic E-state index is -4.83. The highest BCUT2D eigenvalue weighted by atomic mass is 32.2. The van der Waals surface area contributed by atoms with Gasteiger partial charge in [0, 0.05) is 31.3 Å². The van der Waals surface area contributed by atoms with E-state index in [9.17, 15) is 31.8 Å². The van der Waals surface area contributed by atoms with Crippen molar-refractivity contribution < 1.29 is 36.6 Å². The Hall–Kier alpha value is -3.75. The fourth-order valence-corrected chi connectivity index (χ4v) is 6.72. The molecule has 0 radical (unpaired) electrons. The van der Waals surface area contributed by atoms with Gasteiger partial charge in [0.2, 0.25) is 17.9 Å². The van der Waals surface area contributed by atoms with E-state index in [4.69, 9.17) is 10.5 Å². The van der Waals surface area contributed by atoms with Crippen molar-refractivity contribution >= 4 is 28.8 Å². The second-order valence-electron chi connectivity index (χ2n) is 11.8. The number of ether oxygens (including phenoxy) is 1. The van der Waals surface area contributed by atoms with Crippen molar-refractivity contribution in [1.82, 2.24) is 15.3 Å². The third-order valence-corrected chi connectivity index (χ3v) is 9.10. The van der Waals surface area contributed by atoms with Gasteiger partial charge in [-0.3, -0.25) is 4.79 Å². The lowest BCUT2D eigenvalue weighted by molar-refractivity contribution is -0.198. The van der Waals surface area contributed by atoms with Crippen molar-refractivity contribution in [3.05, 3.63) is 65.2 Å². The second-order valence-corrected chi connectivity index (χ2v) is 12.7. The van der Waals surface area contributed by atoms with Gasteiger partial charge in [0.15, 0.2) is 11.1 Å². The Labute approximate surface area is 261 Å². The number of hydrogen-bond donors (Lipinski definition) is 4. The lowest BCUT2D eigenvalue weighted by atomic mass is 9.76. The van der Waals surface area contributed by atoms with Crippen molar-refractivity contribution in [1.29, 1.82) is 0 Å². The number of aliphatic carboxylic acids is 1. The van der Waals surface area contributed by atoms with E-state index in [0.717, 1.165) is 12.0 Å². The molecule has 2 unspecified atom stereocenters. The number of nitrogens with two attached hydrogens (primary N) is 1. The van der Waals surface area contributed by atoms with Gasteiger partial charge >= 0.3 is 12.1 Å². The number of carboxylic acids is 1. The highest BCUT2D eigenvalue weighted by Gasteiger charge is 2.46. The van der Waals surface area contributed by atoms with Crippen molar-refractivity contribution in [2.75, 3.05) is 30.3 Å². The number of nitrogen functional groups attached to an aromatic ring is 1. The zero-order chi connectivity index (χ0) is 32.4. The Balaban J connectivity index is 1.44. The highest BCUT2D eigenvalue weighted by Crippen LogP contribution is 2.43. The molecule has 0 amide bonds. The second kappa shape index (κ2) is 13.3. The Kier molecular flexibility index (Phi) is 9.65. The number of aryl methyl sites for hydroxylation is 1. The molecule has 2 fully saturated rings. The first-order valence-electron chi connectivity index (χ1n) is 14.7. The first-order valence-corrected chi connectivity index (χ1v) is 16.0. The number of alkyl halides is 3. The predicted octanol–water partition coefficient (Wildman–Crippen LogP) is 5.12. The predicted molar refractivity (Wildman–Crippen MR) is 164 cm³/mol. The summed E-state index contributed by atoms with van der Waals surface area (Å²) in [7, 11) is 0. The minimum Gasteiger partial charge on any atom is -0.480 e. The molecule has 2 aliphatic rings. The van der Waals surface area contributed by atoms with Crippen LogP contribution in [0.1, 0.15) is 55.4 Å². The van der Waals surface area contributed by atoms with Gasteiger partial charge in [-0.25, -0.2) is 4.21 Å². The molecule has 5 N–H and O–H groups in total. The minimum absolute atomic E-state index is 0.134. The van der Waals surface area contributed by atoms with Gasteiger partial charge in [-0.2, -0.15) is 23.1 Å². The smallest absolute Gasteiger partial charge is 0.429 e. The van der Waals surface area contributed by atoms with Gasteiger partial charge in [-0.15, -0.1) is 0 Å². The van der Waals surface area contributed by atoms with Crippen molar-refractivity contribution in [2.24, 2.45) is 5.41 Å². The Morgan fingerprint density at radius 1 is 1.18 bits per heavy atom. The van der Waals surface area contributed by atoms with Gasteiger partial charge in [-0.05, 0) is 53.4 Å². The topological polar surface area (TPSA) is 151 Å². The van der Waals surface area contributed by atoms with E-state index in [0.29, 0.717) is 67.8 Å². The molecule has 3 aromatic rings. The van der Waals surface area contributed by atoms with Crippen molar-refractivity contribution in [3.8, 4) is 17.0 Å². The number of rotatable bonds is 10. The third kappa shape index (κ3) is 7.74. The van der Waals surface area contributed by atoms with E-state index in [-0.39, 0.29) is 28.6 Å². The normalized spacial score (nSPS) is 19.4. The number of aromatic nitrogens is 2. The zero-order valence-electron chi connectivity index (χ0n) is 24.7. The molecule has 0 saturated carbocycles. The molecule has 3 atom stereocenters. The molecule has 14 heteroatoms. The van der Waals surface area contributed by atoms with Crippen LogP contribution in [0.15, 0.2) is 48.5 Å². The lowest BCUT2D eigenvalue weighted by Crippen LogP contribution is -2.41. The molecule has 2 aromatic carbocycles. The number of hydrogen-bond acceptors (Lipinski definition) is 8. The molecule has 1 aromatic heterocycles. The molecule has 10 nitrogen and oxygen atoms in total. The molecule has 5 rings (SSSR count). The Morgan fingerprint density at radius 2 is 1.93 bits per heavy atom. The van der Waals surface area contributed by atoms with Crippen LogP contribution in [0.4, 0.5) is 24.9 Å². The SMILES string of the molecule is CCCc1ccc([C@@H](Oc2cc(N3CCC4(CC3)CNC(C(=O)O)C4)nc(N)n2)C(F)(F)F)c(-c2cccc(CS(=O)O)c2)c1. The van der Waals surface area contributed by atoms with Crippen LogP contribution in [0.5, 0.6) is 5.88 Å². The van der Waals surface area contributed by atoms with E-state index < -0.39 is 35.4 Å². The van der Waals surface area contributed by atoms with E-state index in [1.807, 2.05) is 11.8 Å². The van der Waals surface area contributed by atoms with Crippen LogP contribution < -0.4 is 20.7 Å². The van der Waals surface area contributed by atoms with E-state index in [2.05, 4.69) is 15.3 Å². The summed E-state index contributed by atoms with van der Waals surface area (Å²) >= 11 is -2.12. The first kappa shape index (κ1) is 32.6. The maximum Gasteiger partial charge on any atom is 0.429 e. The summed E-state index contributed by atoms with van der Waals surface area (Å²) < 4.78 is 70.7. The van der Waals surface area contributed by atoms with E-state index in [1.54, 1.807) is 36.4 Å². The molecule has 2 aliphatic heterocycles. The molecule has 2 saturated heterocycles. The van der Waals surface area contributed by atoms with Gasteiger partial charge in [-0.1, -0.05) is 55.8 Å². The average Bonchev–Trinajstić information content (AvgIpc) is 3.39. The number of carboxylic acid groups (broad SMARTS) is 1. The molecule has 1 spiro atoms. The van der Waals surface area contributed by atoms with Crippen LogP contribution in [-0.2, 0) is 28.0 Å². The van der Waals surface area contributed by atoms with Crippen LogP contribution in [0.3, 0.4) is 0 Å². The fourth-order valence-electron chi connectivity index (χ4n) is 6.26. The van der Waals surface area contributed by atoms with E-state index >= 15 is 0 Å². The summed E-state index contributed by atoms with van der Waals surface area (Å²) in [6.07, 6.45) is -3.90. The molecule has 0 aliphatic carbocycles. The number of piperidine rings is 1. The van der Waals surface area contributed by atoms with Crippen molar-refractivity contribution in [3.63, 3.8) is 0 Å². The van der Waals surface area contributed by atoms with Gasteiger partial charge < -0.3 is 30.3 Å². The summed E-state index contributed by atoms with van der Waals surface area (Å²) in [5, 5.41) is 12.4. The maximum atomic E-state index is 14.8. The van der Waals surface area contributed by atoms with Crippen LogP contribution in [-0.4, -0.2) is 61.7 Å².